The molecule has 0 fully saturated rings. The largest absolute Gasteiger partial charge is 0.412 e. The summed E-state index contributed by atoms with van der Waals surface area (Å²) in [6.45, 7) is 5.92. The van der Waals surface area contributed by atoms with Gasteiger partial charge in [-0.15, -0.1) is 10.2 Å². The summed E-state index contributed by atoms with van der Waals surface area (Å²) in [6, 6.07) is 7.78. The van der Waals surface area contributed by atoms with Crippen molar-refractivity contribution < 1.29 is 9.21 Å². The Bertz CT molecular complexity index is 560. The van der Waals surface area contributed by atoms with Crippen LogP contribution in [0.5, 0.6) is 0 Å². The molecule has 2 aromatic rings. The second kappa shape index (κ2) is 5.65. The van der Waals surface area contributed by atoms with E-state index in [1.807, 2.05) is 45.0 Å². The van der Waals surface area contributed by atoms with Gasteiger partial charge in [-0.3, -0.25) is 4.79 Å². The number of rotatable bonds is 4. The van der Waals surface area contributed by atoms with Crippen molar-refractivity contribution >= 4 is 5.91 Å². The smallest absolute Gasteiger partial charge is 0.309 e. The van der Waals surface area contributed by atoms with Crippen LogP contribution < -0.4 is 5.32 Å². The molecule has 5 nitrogen and oxygen atoms in total. The van der Waals surface area contributed by atoms with Crippen LogP contribution in [0.15, 0.2) is 28.7 Å². The molecule has 1 unspecified atom stereocenters. The van der Waals surface area contributed by atoms with Gasteiger partial charge in [0.25, 0.3) is 0 Å². The quantitative estimate of drug-likeness (QED) is 0.916. The number of carbonyl (C=O) groups is 1. The first-order chi connectivity index (χ1) is 9.10. The second-order valence-electron chi connectivity index (χ2n) is 4.56. The molecule has 1 N–H and O–H groups in total. The van der Waals surface area contributed by atoms with Crippen molar-refractivity contribution in [2.45, 2.75) is 33.2 Å². The van der Waals surface area contributed by atoms with Crippen LogP contribution >= 0.6 is 0 Å². The topological polar surface area (TPSA) is 68.0 Å². The highest BCUT2D eigenvalue weighted by Gasteiger charge is 2.16. The summed E-state index contributed by atoms with van der Waals surface area (Å²) in [5.74, 6) is 0.0189. The van der Waals surface area contributed by atoms with Crippen molar-refractivity contribution in [3.05, 3.63) is 35.7 Å². The molecule has 0 saturated carbocycles. The van der Waals surface area contributed by atoms with Crippen LogP contribution in [0.2, 0.25) is 0 Å². The normalized spacial score (nSPS) is 12.2. The third-order valence-corrected chi connectivity index (χ3v) is 2.91. The molecule has 0 saturated heterocycles. The molecule has 0 aliphatic carbocycles. The molecule has 2 rings (SSSR count). The van der Waals surface area contributed by atoms with Gasteiger partial charge in [0.2, 0.25) is 5.89 Å². The molecule has 0 aliphatic heterocycles. The van der Waals surface area contributed by atoms with Gasteiger partial charge in [-0.25, -0.2) is 0 Å². The molecule has 0 spiro atoms. The predicted molar refractivity (Wildman–Crippen MR) is 71.7 cm³/mol. The predicted octanol–water partition coefficient (Wildman–Crippen LogP) is 2.57. The molecule has 1 amide bonds. The van der Waals surface area contributed by atoms with Gasteiger partial charge in [-0.05, 0) is 32.4 Å². The van der Waals surface area contributed by atoms with Crippen molar-refractivity contribution in [2.75, 3.05) is 0 Å². The first-order valence-electron chi connectivity index (χ1n) is 6.31. The van der Waals surface area contributed by atoms with Crippen molar-refractivity contribution in [3.8, 4) is 11.5 Å². The monoisotopic (exact) mass is 259 g/mol. The summed E-state index contributed by atoms with van der Waals surface area (Å²) < 4.78 is 5.38. The van der Waals surface area contributed by atoms with E-state index in [1.165, 1.54) is 0 Å². The maximum Gasteiger partial charge on any atom is 0.309 e. The summed E-state index contributed by atoms with van der Waals surface area (Å²) in [4.78, 5) is 11.8. The Morgan fingerprint density at radius 2 is 2.00 bits per heavy atom. The molecule has 0 aliphatic rings. The number of amides is 1. The fourth-order valence-electron chi connectivity index (χ4n) is 1.52. The highest BCUT2D eigenvalue weighted by molar-refractivity contribution is 5.89. The molecular formula is C14H17N3O2. The van der Waals surface area contributed by atoms with Gasteiger partial charge in [0, 0.05) is 11.6 Å². The molecule has 0 radical (unpaired) electrons. The van der Waals surface area contributed by atoms with Gasteiger partial charge < -0.3 is 9.73 Å². The molecule has 1 heterocycles. The van der Waals surface area contributed by atoms with E-state index >= 15 is 0 Å². The lowest BCUT2D eigenvalue weighted by atomic mass is 10.1. The standard InChI is InChI=1S/C14H17N3O2/c1-4-10(3)15-12(18)14-17-16-13(19-14)11-7-5-9(2)6-8-11/h5-8,10H,4H2,1-3H3,(H,15,18). The van der Waals surface area contributed by atoms with Crippen LogP contribution in [-0.4, -0.2) is 22.1 Å². The number of aryl methyl sites for hydroxylation is 1. The lowest BCUT2D eigenvalue weighted by Crippen LogP contribution is -2.32. The molecular weight excluding hydrogens is 242 g/mol. The van der Waals surface area contributed by atoms with Gasteiger partial charge >= 0.3 is 11.8 Å². The lowest BCUT2D eigenvalue weighted by molar-refractivity contribution is 0.0905. The van der Waals surface area contributed by atoms with Crippen LogP contribution in [0.4, 0.5) is 0 Å². The zero-order chi connectivity index (χ0) is 13.8. The minimum absolute atomic E-state index is 0.00382. The summed E-state index contributed by atoms with van der Waals surface area (Å²) in [5, 5.41) is 10.5. The SMILES string of the molecule is CCC(C)NC(=O)c1nnc(-c2ccc(C)cc2)o1. The van der Waals surface area contributed by atoms with E-state index in [-0.39, 0.29) is 17.8 Å². The third-order valence-electron chi connectivity index (χ3n) is 2.91. The van der Waals surface area contributed by atoms with Gasteiger partial charge in [0.1, 0.15) is 0 Å². The lowest BCUT2D eigenvalue weighted by Gasteiger charge is -2.08. The van der Waals surface area contributed by atoms with Crippen molar-refractivity contribution in [2.24, 2.45) is 0 Å². The van der Waals surface area contributed by atoms with Crippen LogP contribution in [0.1, 0.15) is 36.5 Å². The Hall–Kier alpha value is -2.17. The number of benzene rings is 1. The van der Waals surface area contributed by atoms with Gasteiger partial charge in [0.15, 0.2) is 0 Å². The van der Waals surface area contributed by atoms with Gasteiger partial charge in [0.05, 0.1) is 0 Å². The fourth-order valence-corrected chi connectivity index (χ4v) is 1.52. The van der Waals surface area contributed by atoms with Gasteiger partial charge in [-0.2, -0.15) is 0 Å². The summed E-state index contributed by atoms with van der Waals surface area (Å²) >= 11 is 0. The van der Waals surface area contributed by atoms with Gasteiger partial charge in [-0.1, -0.05) is 24.6 Å². The Kier molecular flexibility index (Phi) is 3.94. The first kappa shape index (κ1) is 13.3. The minimum atomic E-state index is -0.333. The maximum absolute atomic E-state index is 11.8. The highest BCUT2D eigenvalue weighted by atomic mass is 16.4. The molecule has 1 atom stereocenters. The number of nitrogens with one attached hydrogen (secondary N) is 1. The summed E-state index contributed by atoms with van der Waals surface area (Å²) in [6.07, 6.45) is 0.852. The van der Waals surface area contributed by atoms with E-state index in [4.69, 9.17) is 4.42 Å². The zero-order valence-corrected chi connectivity index (χ0v) is 11.3. The average molecular weight is 259 g/mol. The van der Waals surface area contributed by atoms with Crippen LogP contribution in [-0.2, 0) is 0 Å². The number of nitrogens with zero attached hydrogens (tertiary/aromatic N) is 2. The Labute approximate surface area is 112 Å². The Morgan fingerprint density at radius 3 is 2.63 bits per heavy atom. The van der Waals surface area contributed by atoms with E-state index in [1.54, 1.807) is 0 Å². The van der Waals surface area contributed by atoms with Crippen molar-refractivity contribution in [1.82, 2.24) is 15.5 Å². The Morgan fingerprint density at radius 1 is 1.32 bits per heavy atom. The second-order valence-corrected chi connectivity index (χ2v) is 4.56. The molecule has 19 heavy (non-hydrogen) atoms. The molecule has 100 valence electrons. The van der Waals surface area contributed by atoms with Crippen LogP contribution in [0.3, 0.4) is 0 Å². The zero-order valence-electron chi connectivity index (χ0n) is 11.3. The maximum atomic E-state index is 11.8. The van der Waals surface area contributed by atoms with Crippen molar-refractivity contribution in [3.63, 3.8) is 0 Å². The van der Waals surface area contributed by atoms with Crippen LogP contribution in [0.25, 0.3) is 11.5 Å². The van der Waals surface area contributed by atoms with E-state index < -0.39 is 0 Å². The highest BCUT2D eigenvalue weighted by Crippen LogP contribution is 2.18. The fraction of sp³-hybridized carbons (Fsp3) is 0.357. The Balaban J connectivity index is 2.15. The number of hydrogen-bond donors (Lipinski definition) is 1. The summed E-state index contributed by atoms with van der Waals surface area (Å²) in [7, 11) is 0. The number of carbonyl (C=O) groups excluding carboxylic acids is 1. The van der Waals surface area contributed by atoms with Crippen LogP contribution in [0, 0.1) is 6.92 Å². The number of hydrogen-bond acceptors (Lipinski definition) is 4. The third kappa shape index (κ3) is 3.19. The molecule has 1 aromatic carbocycles. The van der Waals surface area contributed by atoms with E-state index in [2.05, 4.69) is 15.5 Å². The molecule has 0 bridgehead atoms. The molecule has 5 heteroatoms. The van der Waals surface area contributed by atoms with E-state index in [0.29, 0.717) is 5.89 Å². The van der Waals surface area contributed by atoms with E-state index in [9.17, 15) is 4.79 Å². The van der Waals surface area contributed by atoms with E-state index in [0.717, 1.165) is 17.5 Å². The number of aromatic nitrogens is 2. The summed E-state index contributed by atoms with van der Waals surface area (Å²) in [5.41, 5.74) is 1.96. The molecule has 1 aromatic heterocycles. The average Bonchev–Trinajstić information content (AvgIpc) is 2.89. The minimum Gasteiger partial charge on any atom is -0.412 e. The van der Waals surface area contributed by atoms with Crippen molar-refractivity contribution in [1.29, 1.82) is 0 Å². The first-order valence-corrected chi connectivity index (χ1v) is 6.31.